The normalized spacial score (nSPS) is 10.1. The van der Waals surface area contributed by atoms with Crippen molar-refractivity contribution in [3.63, 3.8) is 0 Å². The lowest BCUT2D eigenvalue weighted by Crippen LogP contribution is -2.21. The quantitative estimate of drug-likeness (QED) is 0.673. The van der Waals surface area contributed by atoms with E-state index in [0.717, 1.165) is 17.7 Å². The fourth-order valence-electron chi connectivity index (χ4n) is 2.36. The predicted molar refractivity (Wildman–Crippen MR) is 105 cm³/mol. The van der Waals surface area contributed by atoms with Gasteiger partial charge < -0.3 is 15.4 Å². The van der Waals surface area contributed by atoms with Crippen molar-refractivity contribution in [3.8, 4) is 0 Å². The van der Waals surface area contributed by atoms with Gasteiger partial charge in [0, 0.05) is 22.8 Å². The number of aryl methyl sites for hydroxylation is 1. The third-order valence-corrected chi connectivity index (χ3v) is 3.94. The molecule has 0 spiro atoms. The summed E-state index contributed by atoms with van der Waals surface area (Å²) in [5, 5.41) is 5.84. The van der Waals surface area contributed by atoms with Crippen LogP contribution in [0.4, 0.5) is 11.4 Å². The lowest BCUT2D eigenvalue weighted by atomic mass is 10.1. The van der Waals surface area contributed by atoms with Crippen molar-refractivity contribution in [1.29, 1.82) is 0 Å². The molecule has 0 saturated carbocycles. The van der Waals surface area contributed by atoms with Crippen LogP contribution in [-0.4, -0.2) is 24.4 Å². The number of benzene rings is 2. The number of hydrogen-bond acceptors (Lipinski definition) is 4. The molecule has 0 atom stereocenters. The van der Waals surface area contributed by atoms with Crippen molar-refractivity contribution in [3.05, 3.63) is 59.1 Å². The molecular weight excluding hydrogens is 368 g/mol. The van der Waals surface area contributed by atoms with Crippen molar-refractivity contribution in [1.82, 2.24) is 0 Å². The highest BCUT2D eigenvalue weighted by atomic mass is 35.5. The van der Waals surface area contributed by atoms with E-state index in [9.17, 15) is 14.4 Å². The average Bonchev–Trinajstić information content (AvgIpc) is 2.65. The Morgan fingerprint density at radius 3 is 2.48 bits per heavy atom. The van der Waals surface area contributed by atoms with Gasteiger partial charge in [-0.3, -0.25) is 14.4 Å². The van der Waals surface area contributed by atoms with E-state index < -0.39 is 18.5 Å². The summed E-state index contributed by atoms with van der Waals surface area (Å²) >= 11 is 5.83. The van der Waals surface area contributed by atoms with Gasteiger partial charge in [0.2, 0.25) is 5.91 Å². The van der Waals surface area contributed by atoms with Crippen LogP contribution in [0.3, 0.4) is 0 Å². The third kappa shape index (κ3) is 7.11. The molecule has 7 heteroatoms. The van der Waals surface area contributed by atoms with Crippen LogP contribution in [0.25, 0.3) is 0 Å². The maximum Gasteiger partial charge on any atom is 0.306 e. The Hall–Kier alpha value is -2.86. The summed E-state index contributed by atoms with van der Waals surface area (Å²) in [6, 6.07) is 14.1. The number of rotatable bonds is 8. The zero-order valence-corrected chi connectivity index (χ0v) is 15.7. The molecule has 0 aliphatic rings. The lowest BCUT2D eigenvalue weighted by Gasteiger charge is -2.10. The van der Waals surface area contributed by atoms with E-state index in [-0.39, 0.29) is 18.7 Å². The summed E-state index contributed by atoms with van der Waals surface area (Å²) in [5.41, 5.74) is 2.27. The van der Waals surface area contributed by atoms with E-state index in [1.165, 1.54) is 0 Å². The second kappa shape index (κ2) is 10.3. The van der Waals surface area contributed by atoms with Crippen molar-refractivity contribution in [2.75, 3.05) is 17.2 Å². The van der Waals surface area contributed by atoms with Gasteiger partial charge in [-0.05, 0) is 36.2 Å². The molecule has 0 heterocycles. The number of nitrogens with one attached hydrogen (secondary N) is 2. The van der Waals surface area contributed by atoms with Gasteiger partial charge in [0.15, 0.2) is 6.61 Å². The number of ether oxygens (including phenoxy) is 1. The first-order valence-electron chi connectivity index (χ1n) is 8.56. The number of carbonyl (C=O) groups excluding carboxylic acids is 3. The largest absolute Gasteiger partial charge is 0.456 e. The van der Waals surface area contributed by atoms with E-state index in [1.54, 1.807) is 24.3 Å². The lowest BCUT2D eigenvalue weighted by molar-refractivity contribution is -0.147. The van der Waals surface area contributed by atoms with Gasteiger partial charge in [0.05, 0.1) is 6.42 Å². The van der Waals surface area contributed by atoms with Gasteiger partial charge in [-0.1, -0.05) is 42.8 Å². The van der Waals surface area contributed by atoms with E-state index in [4.69, 9.17) is 16.3 Å². The van der Waals surface area contributed by atoms with E-state index in [2.05, 4.69) is 10.6 Å². The molecule has 0 unspecified atom stereocenters. The van der Waals surface area contributed by atoms with Gasteiger partial charge >= 0.3 is 5.97 Å². The van der Waals surface area contributed by atoms with Gasteiger partial charge in [-0.2, -0.15) is 0 Å². The maximum atomic E-state index is 12.0. The minimum atomic E-state index is -0.616. The van der Waals surface area contributed by atoms with Crippen molar-refractivity contribution >= 4 is 40.8 Å². The molecule has 0 aromatic heterocycles. The molecule has 0 fully saturated rings. The monoisotopic (exact) mass is 388 g/mol. The van der Waals surface area contributed by atoms with E-state index in [1.807, 2.05) is 31.2 Å². The molecule has 0 saturated heterocycles. The second-order valence-electron chi connectivity index (χ2n) is 5.78. The third-order valence-electron chi connectivity index (χ3n) is 3.70. The van der Waals surface area contributed by atoms with E-state index in [0.29, 0.717) is 10.7 Å². The molecule has 2 aromatic rings. The summed E-state index contributed by atoms with van der Waals surface area (Å²) in [7, 11) is 0. The zero-order chi connectivity index (χ0) is 19.6. The number of hydrogen-bond donors (Lipinski definition) is 2. The highest BCUT2D eigenvalue weighted by Gasteiger charge is 2.12. The molecule has 0 radical (unpaired) electrons. The molecule has 0 aliphatic heterocycles. The van der Waals surface area contributed by atoms with Crippen LogP contribution >= 0.6 is 11.6 Å². The van der Waals surface area contributed by atoms with Crippen LogP contribution in [0.5, 0.6) is 0 Å². The van der Waals surface area contributed by atoms with Crippen LogP contribution in [-0.2, 0) is 25.5 Å². The minimum Gasteiger partial charge on any atom is -0.456 e. The summed E-state index contributed by atoms with van der Waals surface area (Å²) in [5.74, 6) is -1.38. The summed E-state index contributed by atoms with van der Waals surface area (Å²) < 4.78 is 4.89. The molecule has 6 nitrogen and oxygen atoms in total. The molecule has 2 aromatic carbocycles. The average molecular weight is 389 g/mol. The zero-order valence-electron chi connectivity index (χ0n) is 15.0. The molecular formula is C20H21ClN2O4. The van der Waals surface area contributed by atoms with Crippen LogP contribution in [0.1, 0.15) is 25.3 Å². The van der Waals surface area contributed by atoms with Crippen molar-refractivity contribution in [2.24, 2.45) is 0 Å². The number of anilines is 2. The van der Waals surface area contributed by atoms with E-state index >= 15 is 0 Å². The molecule has 2 N–H and O–H groups in total. The maximum absolute atomic E-state index is 12.0. The number of para-hydroxylation sites is 1. The number of carbonyl (C=O) groups is 3. The Morgan fingerprint density at radius 2 is 1.74 bits per heavy atom. The smallest absolute Gasteiger partial charge is 0.306 e. The highest BCUT2D eigenvalue weighted by molar-refractivity contribution is 6.30. The topological polar surface area (TPSA) is 84.5 Å². The highest BCUT2D eigenvalue weighted by Crippen LogP contribution is 2.16. The molecule has 142 valence electrons. The summed E-state index contributed by atoms with van der Waals surface area (Å²) in [4.78, 5) is 35.5. The van der Waals surface area contributed by atoms with Crippen LogP contribution < -0.4 is 10.6 Å². The Balaban J connectivity index is 1.71. The second-order valence-corrected chi connectivity index (χ2v) is 6.21. The molecule has 27 heavy (non-hydrogen) atoms. The SMILES string of the molecule is CCc1ccccc1NC(=O)CCC(=O)OCC(=O)Nc1cccc(Cl)c1. The fourth-order valence-corrected chi connectivity index (χ4v) is 2.55. The molecule has 0 bridgehead atoms. The van der Waals surface area contributed by atoms with Crippen molar-refractivity contribution in [2.45, 2.75) is 26.2 Å². The van der Waals surface area contributed by atoms with Crippen molar-refractivity contribution < 1.29 is 19.1 Å². The fraction of sp³-hybridized carbons (Fsp3) is 0.250. The Labute approximate surface area is 162 Å². The Bertz CT molecular complexity index is 823. The van der Waals surface area contributed by atoms with Gasteiger partial charge in [0.25, 0.3) is 5.91 Å². The van der Waals surface area contributed by atoms with Crippen LogP contribution in [0, 0.1) is 0 Å². The first kappa shape index (κ1) is 20.5. The Morgan fingerprint density at radius 1 is 0.963 bits per heavy atom. The predicted octanol–water partition coefficient (Wildman–Crippen LogP) is 3.80. The minimum absolute atomic E-state index is 0.0210. The number of amides is 2. The standard InChI is InChI=1S/C20H21ClN2O4/c1-2-14-6-3-4-9-17(14)23-18(24)10-11-20(26)27-13-19(25)22-16-8-5-7-15(21)12-16/h3-9,12H,2,10-11,13H2,1H3,(H,22,25)(H,23,24). The molecule has 2 amide bonds. The molecule has 0 aliphatic carbocycles. The summed E-state index contributed by atoms with van der Waals surface area (Å²) in [6.07, 6.45) is 0.664. The first-order chi connectivity index (χ1) is 13.0. The Kier molecular flexibility index (Phi) is 7.82. The van der Waals surface area contributed by atoms with Gasteiger partial charge in [-0.25, -0.2) is 0 Å². The number of halogens is 1. The van der Waals surface area contributed by atoms with Crippen LogP contribution in [0.2, 0.25) is 5.02 Å². The van der Waals surface area contributed by atoms with Gasteiger partial charge in [0.1, 0.15) is 0 Å². The number of esters is 1. The summed E-state index contributed by atoms with van der Waals surface area (Å²) in [6.45, 7) is 1.57. The van der Waals surface area contributed by atoms with Crippen LogP contribution in [0.15, 0.2) is 48.5 Å². The van der Waals surface area contributed by atoms with Gasteiger partial charge in [-0.15, -0.1) is 0 Å². The molecule has 2 rings (SSSR count). The first-order valence-corrected chi connectivity index (χ1v) is 8.94.